The van der Waals surface area contributed by atoms with E-state index in [0.717, 1.165) is 11.1 Å². The van der Waals surface area contributed by atoms with Crippen LogP contribution in [0.5, 0.6) is 0 Å². The lowest BCUT2D eigenvalue weighted by Gasteiger charge is -2.11. The SMILES string of the molecule is O=C(NNC(=S)NC(=O)c1ccc(Cl)cc1)c1ccc(-c2ccccc2)cc1. The highest BCUT2D eigenvalue weighted by Crippen LogP contribution is 2.19. The first-order valence-corrected chi connectivity index (χ1v) is 9.14. The summed E-state index contributed by atoms with van der Waals surface area (Å²) in [7, 11) is 0. The molecule has 0 atom stereocenters. The van der Waals surface area contributed by atoms with Crippen LogP contribution in [0, 0.1) is 0 Å². The van der Waals surface area contributed by atoms with E-state index in [2.05, 4.69) is 16.2 Å². The van der Waals surface area contributed by atoms with Crippen LogP contribution in [0.2, 0.25) is 5.02 Å². The zero-order chi connectivity index (χ0) is 19.9. The number of hydrogen-bond acceptors (Lipinski definition) is 3. The molecule has 3 aromatic carbocycles. The van der Waals surface area contributed by atoms with Gasteiger partial charge < -0.3 is 0 Å². The zero-order valence-corrected chi connectivity index (χ0v) is 16.2. The summed E-state index contributed by atoms with van der Waals surface area (Å²) in [5.41, 5.74) is 7.91. The Morgan fingerprint density at radius 3 is 1.86 bits per heavy atom. The molecule has 0 aromatic heterocycles. The Hall–Kier alpha value is -3.22. The first-order chi connectivity index (χ1) is 13.5. The summed E-state index contributed by atoms with van der Waals surface area (Å²) in [5, 5.41) is 2.99. The van der Waals surface area contributed by atoms with Gasteiger partial charge in [0.2, 0.25) is 0 Å². The molecular weight excluding hydrogens is 394 g/mol. The van der Waals surface area contributed by atoms with Crippen LogP contribution in [0.4, 0.5) is 0 Å². The van der Waals surface area contributed by atoms with Crippen LogP contribution in [0.25, 0.3) is 11.1 Å². The lowest BCUT2D eigenvalue weighted by atomic mass is 10.0. The van der Waals surface area contributed by atoms with Gasteiger partial charge in [0.15, 0.2) is 5.11 Å². The summed E-state index contributed by atoms with van der Waals surface area (Å²) in [6.07, 6.45) is 0. The Balaban J connectivity index is 1.52. The van der Waals surface area contributed by atoms with Crippen LogP contribution in [-0.2, 0) is 0 Å². The van der Waals surface area contributed by atoms with Crippen molar-refractivity contribution in [2.24, 2.45) is 0 Å². The molecule has 3 N–H and O–H groups in total. The normalized spacial score (nSPS) is 10.0. The van der Waals surface area contributed by atoms with Crippen molar-refractivity contribution in [3.63, 3.8) is 0 Å². The highest BCUT2D eigenvalue weighted by Gasteiger charge is 2.10. The van der Waals surface area contributed by atoms with Gasteiger partial charge in [-0.15, -0.1) is 0 Å². The maximum Gasteiger partial charge on any atom is 0.269 e. The molecule has 0 saturated heterocycles. The van der Waals surface area contributed by atoms with Gasteiger partial charge in [0.05, 0.1) is 0 Å². The standard InChI is InChI=1S/C21H16ClN3O2S/c22-18-12-10-16(11-13-18)19(26)23-21(28)25-24-20(27)17-8-6-15(7-9-17)14-4-2-1-3-5-14/h1-13H,(H,24,27)(H2,23,25,26,28). The molecule has 0 spiro atoms. The van der Waals surface area contributed by atoms with E-state index in [1.807, 2.05) is 42.5 Å². The smallest absolute Gasteiger partial charge is 0.269 e. The van der Waals surface area contributed by atoms with Crippen LogP contribution < -0.4 is 16.2 Å². The Morgan fingerprint density at radius 2 is 1.21 bits per heavy atom. The molecule has 0 radical (unpaired) electrons. The van der Waals surface area contributed by atoms with Crippen LogP contribution in [0.3, 0.4) is 0 Å². The zero-order valence-electron chi connectivity index (χ0n) is 14.6. The van der Waals surface area contributed by atoms with Crippen molar-refractivity contribution >= 4 is 40.7 Å². The number of hydrogen-bond donors (Lipinski definition) is 3. The summed E-state index contributed by atoms with van der Waals surface area (Å²) in [4.78, 5) is 24.3. The van der Waals surface area contributed by atoms with E-state index in [1.165, 1.54) is 0 Å². The van der Waals surface area contributed by atoms with Crippen LogP contribution in [0.1, 0.15) is 20.7 Å². The van der Waals surface area contributed by atoms with Crippen molar-refractivity contribution < 1.29 is 9.59 Å². The third-order valence-corrected chi connectivity index (χ3v) is 4.33. The number of rotatable bonds is 3. The molecule has 140 valence electrons. The van der Waals surface area contributed by atoms with Gasteiger partial charge in [-0.3, -0.25) is 25.8 Å². The molecule has 0 aliphatic heterocycles. The Morgan fingerprint density at radius 1 is 0.679 bits per heavy atom. The third-order valence-electron chi connectivity index (χ3n) is 3.88. The molecule has 3 aromatic rings. The minimum atomic E-state index is -0.407. The second kappa shape index (κ2) is 9.12. The van der Waals surface area contributed by atoms with Gasteiger partial charge in [-0.05, 0) is 59.7 Å². The first-order valence-electron chi connectivity index (χ1n) is 8.35. The number of halogens is 1. The molecule has 0 unspecified atom stereocenters. The minimum Gasteiger partial charge on any atom is -0.298 e. The van der Waals surface area contributed by atoms with Gasteiger partial charge in [0.1, 0.15) is 0 Å². The summed E-state index contributed by atoms with van der Waals surface area (Å²) in [6.45, 7) is 0. The number of hydrazine groups is 1. The molecule has 7 heteroatoms. The number of amides is 2. The van der Waals surface area contributed by atoms with Gasteiger partial charge in [-0.1, -0.05) is 54.1 Å². The van der Waals surface area contributed by atoms with Crippen molar-refractivity contribution in [1.29, 1.82) is 0 Å². The van der Waals surface area contributed by atoms with E-state index in [0.29, 0.717) is 16.1 Å². The maximum absolute atomic E-state index is 12.2. The van der Waals surface area contributed by atoms with Gasteiger partial charge in [-0.2, -0.15) is 0 Å². The lowest BCUT2D eigenvalue weighted by Crippen LogP contribution is -2.48. The monoisotopic (exact) mass is 409 g/mol. The van der Waals surface area contributed by atoms with Gasteiger partial charge in [-0.25, -0.2) is 0 Å². The topological polar surface area (TPSA) is 70.2 Å². The number of benzene rings is 3. The molecule has 0 fully saturated rings. The molecule has 0 bridgehead atoms. The number of thiocarbonyl (C=S) groups is 1. The Bertz CT molecular complexity index is 990. The number of carbonyl (C=O) groups excluding carboxylic acids is 2. The minimum absolute atomic E-state index is 0.0193. The summed E-state index contributed by atoms with van der Waals surface area (Å²) in [6, 6.07) is 23.4. The predicted molar refractivity (Wildman–Crippen MR) is 114 cm³/mol. The van der Waals surface area contributed by atoms with E-state index >= 15 is 0 Å². The fourth-order valence-corrected chi connectivity index (χ4v) is 2.71. The van der Waals surface area contributed by atoms with E-state index in [-0.39, 0.29) is 11.0 Å². The van der Waals surface area contributed by atoms with Crippen LogP contribution in [0.15, 0.2) is 78.9 Å². The van der Waals surface area contributed by atoms with Crippen molar-refractivity contribution in [2.45, 2.75) is 0 Å². The summed E-state index contributed by atoms with van der Waals surface area (Å²) >= 11 is 10.8. The highest BCUT2D eigenvalue weighted by molar-refractivity contribution is 7.80. The highest BCUT2D eigenvalue weighted by atomic mass is 35.5. The molecule has 2 amide bonds. The lowest BCUT2D eigenvalue weighted by molar-refractivity contribution is 0.0934. The van der Waals surface area contributed by atoms with Crippen molar-refractivity contribution in [2.75, 3.05) is 0 Å². The largest absolute Gasteiger partial charge is 0.298 e. The van der Waals surface area contributed by atoms with E-state index in [1.54, 1.807) is 36.4 Å². The van der Waals surface area contributed by atoms with E-state index in [9.17, 15) is 9.59 Å². The molecule has 0 saturated carbocycles. The maximum atomic E-state index is 12.2. The van der Waals surface area contributed by atoms with E-state index in [4.69, 9.17) is 23.8 Å². The van der Waals surface area contributed by atoms with Crippen LogP contribution in [-0.4, -0.2) is 16.9 Å². The molecule has 5 nitrogen and oxygen atoms in total. The third kappa shape index (κ3) is 5.16. The predicted octanol–water partition coefficient (Wildman–Crippen LogP) is 3.96. The summed E-state index contributed by atoms with van der Waals surface area (Å²) < 4.78 is 0. The van der Waals surface area contributed by atoms with Crippen molar-refractivity contribution in [1.82, 2.24) is 16.2 Å². The summed E-state index contributed by atoms with van der Waals surface area (Å²) in [5.74, 6) is -0.779. The van der Waals surface area contributed by atoms with Crippen molar-refractivity contribution in [3.05, 3.63) is 95.0 Å². The van der Waals surface area contributed by atoms with Gasteiger partial charge in [0, 0.05) is 16.1 Å². The molecule has 0 aliphatic rings. The average molecular weight is 410 g/mol. The second-order valence-corrected chi connectivity index (χ2v) is 6.66. The fraction of sp³-hybridized carbons (Fsp3) is 0. The van der Waals surface area contributed by atoms with Gasteiger partial charge in [0.25, 0.3) is 11.8 Å². The Labute approximate surface area is 172 Å². The number of carbonyl (C=O) groups is 2. The number of nitrogens with one attached hydrogen (secondary N) is 3. The second-order valence-electron chi connectivity index (χ2n) is 5.81. The van der Waals surface area contributed by atoms with Crippen LogP contribution >= 0.6 is 23.8 Å². The molecule has 28 heavy (non-hydrogen) atoms. The first kappa shape index (κ1) is 19.5. The Kier molecular flexibility index (Phi) is 6.37. The van der Waals surface area contributed by atoms with Gasteiger partial charge >= 0.3 is 0 Å². The molecule has 0 aliphatic carbocycles. The fourth-order valence-electron chi connectivity index (χ4n) is 2.44. The quantitative estimate of drug-likeness (QED) is 0.452. The van der Waals surface area contributed by atoms with E-state index < -0.39 is 5.91 Å². The average Bonchev–Trinajstić information content (AvgIpc) is 2.73. The molecule has 3 rings (SSSR count). The van der Waals surface area contributed by atoms with Crippen molar-refractivity contribution in [3.8, 4) is 11.1 Å². The molecular formula is C21H16ClN3O2S. The molecule has 0 heterocycles.